The smallest absolute Gasteiger partial charge is 0.214 e. The summed E-state index contributed by atoms with van der Waals surface area (Å²) in [6, 6.07) is 7.21. The number of allylic oxidation sites excluding steroid dienone is 4. The Morgan fingerprint density at radius 1 is 1.22 bits per heavy atom. The van der Waals surface area contributed by atoms with Gasteiger partial charge in [-0.15, -0.1) is 0 Å². The number of hydrogen-bond donors (Lipinski definition) is 1. The fraction of sp³-hybridized carbons (Fsp3) is 0.444. The van der Waals surface area contributed by atoms with Crippen LogP contribution in [0.3, 0.4) is 0 Å². The number of halogens is 1. The van der Waals surface area contributed by atoms with Crippen molar-refractivity contribution in [2.75, 3.05) is 6.54 Å². The third kappa shape index (κ3) is 4.52. The maximum atomic E-state index is 14.8. The van der Waals surface area contributed by atoms with Gasteiger partial charge in [0.15, 0.2) is 0 Å². The van der Waals surface area contributed by atoms with Crippen molar-refractivity contribution in [3.8, 4) is 0 Å². The number of nitrogens with one attached hydrogen (secondary N) is 1. The van der Waals surface area contributed by atoms with Crippen LogP contribution in [0.15, 0.2) is 42.5 Å². The predicted octanol–water partition coefficient (Wildman–Crippen LogP) is 3.93. The van der Waals surface area contributed by atoms with Gasteiger partial charge in [0.1, 0.15) is 5.67 Å². The van der Waals surface area contributed by atoms with E-state index in [0.717, 1.165) is 24.0 Å². The fourth-order valence-electron chi connectivity index (χ4n) is 2.34. The largest absolute Gasteiger partial charge is 0.238 e. The van der Waals surface area contributed by atoms with E-state index in [9.17, 15) is 12.8 Å². The summed E-state index contributed by atoms with van der Waals surface area (Å²) in [6.45, 7) is 4.26. The highest BCUT2D eigenvalue weighted by Crippen LogP contribution is 2.28. The van der Waals surface area contributed by atoms with Crippen molar-refractivity contribution in [3.05, 3.63) is 53.6 Å². The van der Waals surface area contributed by atoms with Crippen LogP contribution in [0.4, 0.5) is 4.39 Å². The van der Waals surface area contributed by atoms with Crippen LogP contribution in [0.1, 0.15) is 44.7 Å². The van der Waals surface area contributed by atoms with Crippen molar-refractivity contribution in [3.63, 3.8) is 0 Å². The first kappa shape index (κ1) is 17.9. The third-order valence-electron chi connectivity index (χ3n) is 4.04. The molecule has 126 valence electrons. The van der Waals surface area contributed by atoms with E-state index < -0.39 is 20.9 Å². The predicted molar refractivity (Wildman–Crippen MR) is 93.3 cm³/mol. The molecule has 0 saturated carbocycles. The molecular weight excluding hydrogens is 313 g/mol. The average Bonchev–Trinajstić information content (AvgIpc) is 2.54. The number of hydrogen-bond acceptors (Lipinski definition) is 2. The first-order chi connectivity index (χ1) is 10.7. The lowest BCUT2D eigenvalue weighted by molar-refractivity contribution is 0.196. The van der Waals surface area contributed by atoms with Crippen LogP contribution in [0.2, 0.25) is 0 Å². The molecule has 0 saturated heterocycles. The van der Waals surface area contributed by atoms with Gasteiger partial charge in [-0.05, 0) is 50.3 Å². The zero-order valence-electron chi connectivity index (χ0n) is 13.8. The van der Waals surface area contributed by atoms with Crippen LogP contribution < -0.4 is 4.72 Å². The summed E-state index contributed by atoms with van der Waals surface area (Å²) in [6.07, 6.45) is 8.44. The normalized spacial score (nSPS) is 17.9. The van der Waals surface area contributed by atoms with Crippen molar-refractivity contribution in [2.24, 2.45) is 0 Å². The Morgan fingerprint density at radius 3 is 2.39 bits per heavy atom. The van der Waals surface area contributed by atoms with Crippen LogP contribution in [0.5, 0.6) is 0 Å². The summed E-state index contributed by atoms with van der Waals surface area (Å²) < 4.78 is 40.7. The molecule has 0 aromatic heterocycles. The summed E-state index contributed by atoms with van der Waals surface area (Å²) in [4.78, 5) is 0. The second kappa shape index (κ2) is 6.97. The summed E-state index contributed by atoms with van der Waals surface area (Å²) in [7, 11) is -3.47. The third-order valence-corrected chi connectivity index (χ3v) is 5.83. The lowest BCUT2D eigenvalue weighted by atomic mass is 9.94. The zero-order valence-corrected chi connectivity index (χ0v) is 14.7. The van der Waals surface area contributed by atoms with E-state index in [4.69, 9.17) is 0 Å². The van der Waals surface area contributed by atoms with E-state index in [1.807, 2.05) is 12.1 Å². The van der Waals surface area contributed by atoms with Gasteiger partial charge in [0, 0.05) is 6.54 Å². The van der Waals surface area contributed by atoms with Crippen LogP contribution in [-0.2, 0) is 15.7 Å². The minimum Gasteiger partial charge on any atom is -0.238 e. The Kier molecular flexibility index (Phi) is 5.42. The van der Waals surface area contributed by atoms with Gasteiger partial charge in [-0.3, -0.25) is 0 Å². The molecule has 2 rings (SSSR count). The van der Waals surface area contributed by atoms with E-state index >= 15 is 0 Å². The molecule has 0 spiro atoms. The Hall–Kier alpha value is -1.46. The molecule has 0 heterocycles. The molecule has 1 aromatic carbocycles. The van der Waals surface area contributed by atoms with Gasteiger partial charge in [-0.25, -0.2) is 17.5 Å². The van der Waals surface area contributed by atoms with E-state index in [-0.39, 0.29) is 6.54 Å². The summed E-state index contributed by atoms with van der Waals surface area (Å²) >= 11 is 0. The molecule has 1 atom stereocenters. The SMILES string of the molecule is CC(C)S(=O)(=O)NCC(C)(F)c1ccc(C2=CCCC=C2)cc1. The quantitative estimate of drug-likeness (QED) is 0.855. The van der Waals surface area contributed by atoms with Gasteiger partial charge in [0.05, 0.1) is 5.25 Å². The molecule has 0 amide bonds. The molecule has 0 fully saturated rings. The molecule has 1 aliphatic rings. The molecule has 0 radical (unpaired) electrons. The summed E-state index contributed by atoms with van der Waals surface area (Å²) in [5.41, 5.74) is 0.900. The molecule has 1 aliphatic carbocycles. The fourth-order valence-corrected chi connectivity index (χ4v) is 3.15. The molecule has 23 heavy (non-hydrogen) atoms. The topological polar surface area (TPSA) is 46.2 Å². The van der Waals surface area contributed by atoms with Crippen molar-refractivity contribution in [1.29, 1.82) is 0 Å². The van der Waals surface area contributed by atoms with Gasteiger partial charge in [-0.1, -0.05) is 42.5 Å². The second-order valence-corrected chi connectivity index (χ2v) is 8.65. The van der Waals surface area contributed by atoms with Crippen molar-refractivity contribution in [2.45, 2.75) is 44.5 Å². The molecule has 1 unspecified atom stereocenters. The standard InChI is InChI=1S/C18H24FNO2S/c1-14(2)23(21,22)20-13-18(3,19)17-11-9-16(10-12-17)15-7-5-4-6-8-15/h5,7-12,14,20H,4,6,13H2,1-3H3. The van der Waals surface area contributed by atoms with Crippen LogP contribution in [0, 0.1) is 0 Å². The minimum atomic E-state index is -3.47. The second-order valence-electron chi connectivity index (χ2n) is 6.33. The number of benzene rings is 1. The minimum absolute atomic E-state index is 0.268. The maximum Gasteiger partial charge on any atom is 0.214 e. The van der Waals surface area contributed by atoms with E-state index in [1.165, 1.54) is 6.92 Å². The van der Waals surface area contributed by atoms with Gasteiger partial charge >= 0.3 is 0 Å². The molecule has 0 bridgehead atoms. The first-order valence-electron chi connectivity index (χ1n) is 7.87. The van der Waals surface area contributed by atoms with Gasteiger partial charge in [0.25, 0.3) is 0 Å². The zero-order chi connectivity index (χ0) is 17.1. The van der Waals surface area contributed by atoms with Crippen molar-refractivity contribution >= 4 is 15.6 Å². The van der Waals surface area contributed by atoms with Crippen LogP contribution >= 0.6 is 0 Å². The monoisotopic (exact) mass is 337 g/mol. The Bertz CT molecular complexity index is 701. The Balaban J connectivity index is 2.11. The molecule has 1 N–H and O–H groups in total. The van der Waals surface area contributed by atoms with E-state index in [0.29, 0.717) is 5.56 Å². The Morgan fingerprint density at radius 2 is 1.87 bits per heavy atom. The van der Waals surface area contributed by atoms with Crippen LogP contribution in [0.25, 0.3) is 5.57 Å². The van der Waals surface area contributed by atoms with Crippen molar-refractivity contribution < 1.29 is 12.8 Å². The lowest BCUT2D eigenvalue weighted by Crippen LogP contribution is -2.39. The lowest BCUT2D eigenvalue weighted by Gasteiger charge is -2.22. The number of rotatable bonds is 6. The average molecular weight is 337 g/mol. The van der Waals surface area contributed by atoms with E-state index in [2.05, 4.69) is 23.0 Å². The number of alkyl halides is 1. The summed E-state index contributed by atoms with van der Waals surface area (Å²) in [5.74, 6) is 0. The van der Waals surface area contributed by atoms with Gasteiger partial charge < -0.3 is 0 Å². The Labute approximate surface area is 138 Å². The van der Waals surface area contributed by atoms with Crippen LogP contribution in [-0.4, -0.2) is 20.2 Å². The highest BCUT2D eigenvalue weighted by molar-refractivity contribution is 7.90. The highest BCUT2D eigenvalue weighted by Gasteiger charge is 2.28. The molecule has 5 heteroatoms. The van der Waals surface area contributed by atoms with Gasteiger partial charge in [-0.2, -0.15) is 0 Å². The molecule has 3 nitrogen and oxygen atoms in total. The highest BCUT2D eigenvalue weighted by atomic mass is 32.2. The van der Waals surface area contributed by atoms with Crippen molar-refractivity contribution in [1.82, 2.24) is 4.72 Å². The summed E-state index contributed by atoms with van der Waals surface area (Å²) in [5, 5.41) is -0.578. The number of sulfonamides is 1. The molecule has 0 aliphatic heterocycles. The van der Waals surface area contributed by atoms with E-state index in [1.54, 1.807) is 26.0 Å². The van der Waals surface area contributed by atoms with Gasteiger partial charge in [0.2, 0.25) is 10.0 Å². The molecule has 1 aromatic rings. The first-order valence-corrected chi connectivity index (χ1v) is 9.42. The molecular formula is C18H24FNO2S. The maximum absolute atomic E-state index is 14.8.